The van der Waals surface area contributed by atoms with Gasteiger partial charge in [-0.15, -0.1) is 0 Å². The van der Waals surface area contributed by atoms with Crippen molar-refractivity contribution >= 4 is 33.6 Å². The molecule has 0 bridgehead atoms. The lowest BCUT2D eigenvalue weighted by Crippen LogP contribution is -2.32. The zero-order valence-electron chi connectivity index (χ0n) is 27.8. The van der Waals surface area contributed by atoms with Gasteiger partial charge in [0, 0.05) is 46.8 Å². The van der Waals surface area contributed by atoms with Crippen molar-refractivity contribution in [3.05, 3.63) is 119 Å². The second-order valence-electron chi connectivity index (χ2n) is 13.5. The van der Waals surface area contributed by atoms with E-state index in [0.717, 1.165) is 95.3 Å². The van der Waals surface area contributed by atoms with Crippen LogP contribution in [-0.2, 0) is 34.3 Å². The second kappa shape index (κ2) is 12.8. The third-order valence-corrected chi connectivity index (χ3v) is 10.5. The fraction of sp³-hybridized carbons (Fsp3) is 0.300. The minimum Gasteiger partial charge on any atom is -0.299 e. The molecule has 0 saturated heterocycles. The van der Waals surface area contributed by atoms with Gasteiger partial charge in [-0.25, -0.2) is 28.1 Å². The van der Waals surface area contributed by atoms with Crippen molar-refractivity contribution < 1.29 is 18.4 Å². The van der Waals surface area contributed by atoms with Gasteiger partial charge in [0.2, 0.25) is 0 Å². The second-order valence-corrected chi connectivity index (χ2v) is 13.5. The van der Waals surface area contributed by atoms with Crippen LogP contribution in [0.4, 0.5) is 8.78 Å². The maximum absolute atomic E-state index is 13.3. The summed E-state index contributed by atoms with van der Waals surface area (Å²) in [7, 11) is 0. The lowest BCUT2D eigenvalue weighted by Gasteiger charge is -2.38. The molecule has 10 heteroatoms. The number of aromatic nitrogens is 6. The first-order valence-electron chi connectivity index (χ1n) is 17.3. The Morgan fingerprint density at radius 3 is 1.94 bits per heavy atom. The summed E-state index contributed by atoms with van der Waals surface area (Å²) in [5.74, 6) is -0.0230. The number of ketones is 2. The maximum atomic E-state index is 13.3. The van der Waals surface area contributed by atoms with Crippen LogP contribution in [0.25, 0.3) is 33.4 Å². The zero-order chi connectivity index (χ0) is 34.4. The molecule has 0 fully saturated rings. The van der Waals surface area contributed by atoms with E-state index in [1.165, 1.54) is 35.4 Å². The lowest BCUT2D eigenvalue weighted by molar-refractivity contribution is -0.118. The average molecular weight is 671 g/mol. The summed E-state index contributed by atoms with van der Waals surface area (Å²) in [6, 6.07) is 16.7. The first kappa shape index (κ1) is 31.9. The van der Waals surface area contributed by atoms with Gasteiger partial charge in [0.05, 0.1) is 23.8 Å². The number of aryl methyl sites for hydroxylation is 2. The minimum absolute atomic E-state index is 0.0844. The molecule has 0 radical (unpaired) electrons. The molecule has 0 amide bonds. The molecule has 50 heavy (non-hydrogen) atoms. The van der Waals surface area contributed by atoms with Gasteiger partial charge < -0.3 is 0 Å². The van der Waals surface area contributed by atoms with Gasteiger partial charge in [0.1, 0.15) is 17.4 Å². The molecular formula is C40H36F2N6O2. The standard InChI is InChI=1S/C23H22FN3O.C17H14FN3O/c1-2-23-11-10-19(28)13-16(23)4-3-5-21-20(23)12-15-14-25-27(22(15)26-21)18-8-6-17(24)7-9-18;18-13-4-6-14(7-5-13)21-17-12(10-19-21)8-11-9-15(22)2-1-3-16(11)20-17/h6-9,12-14H,2-5,10-11H2,1H3;4-8,10H,1-3,9H2. The summed E-state index contributed by atoms with van der Waals surface area (Å²) in [5, 5.41) is 10.8. The summed E-state index contributed by atoms with van der Waals surface area (Å²) in [6.07, 6.45) is 13.5. The summed E-state index contributed by atoms with van der Waals surface area (Å²) in [6.45, 7) is 2.21. The predicted octanol–water partition coefficient (Wildman–Crippen LogP) is 7.84. The van der Waals surface area contributed by atoms with E-state index in [9.17, 15) is 18.4 Å². The van der Waals surface area contributed by atoms with Crippen LogP contribution < -0.4 is 0 Å². The van der Waals surface area contributed by atoms with E-state index >= 15 is 0 Å². The van der Waals surface area contributed by atoms with Crippen LogP contribution in [0.3, 0.4) is 0 Å². The van der Waals surface area contributed by atoms with Crippen LogP contribution in [0.1, 0.15) is 74.4 Å². The van der Waals surface area contributed by atoms with Crippen LogP contribution in [0.2, 0.25) is 0 Å². The normalized spacial score (nSPS) is 18.7. The number of rotatable bonds is 3. The van der Waals surface area contributed by atoms with E-state index in [0.29, 0.717) is 19.3 Å². The number of carbonyl (C=O) groups is 2. The number of hydrogen-bond acceptors (Lipinski definition) is 6. The van der Waals surface area contributed by atoms with Crippen molar-refractivity contribution in [3.8, 4) is 11.4 Å². The predicted molar refractivity (Wildman–Crippen MR) is 187 cm³/mol. The Balaban J connectivity index is 0.000000149. The van der Waals surface area contributed by atoms with Crippen LogP contribution in [0.15, 0.2) is 84.7 Å². The zero-order valence-corrected chi connectivity index (χ0v) is 27.8. The molecule has 8 nitrogen and oxygen atoms in total. The summed E-state index contributed by atoms with van der Waals surface area (Å²) < 4.78 is 29.9. The number of nitrogens with zero attached hydrogens (tertiary/aromatic N) is 6. The van der Waals surface area contributed by atoms with Crippen LogP contribution >= 0.6 is 0 Å². The summed E-state index contributed by atoms with van der Waals surface area (Å²) in [5.41, 5.74) is 8.66. The third-order valence-electron chi connectivity index (χ3n) is 10.5. The fourth-order valence-corrected chi connectivity index (χ4v) is 7.87. The number of pyridine rings is 2. The number of fused-ring (bicyclic) bond motifs is 6. The molecule has 0 aliphatic heterocycles. The number of allylic oxidation sites excluding steroid dienone is 2. The molecule has 252 valence electrons. The largest absolute Gasteiger partial charge is 0.299 e. The molecule has 3 aliphatic rings. The summed E-state index contributed by atoms with van der Waals surface area (Å²) >= 11 is 0. The monoisotopic (exact) mass is 670 g/mol. The Morgan fingerprint density at radius 1 is 0.720 bits per heavy atom. The number of halogens is 2. The molecule has 4 heterocycles. The number of hydrogen-bond donors (Lipinski definition) is 0. The van der Waals surface area contributed by atoms with Gasteiger partial charge in [-0.3, -0.25) is 9.59 Å². The third kappa shape index (κ3) is 5.72. The molecule has 6 aromatic rings. The number of carbonyl (C=O) groups excluding carboxylic acids is 2. The maximum Gasteiger partial charge on any atom is 0.163 e. The van der Waals surface area contributed by atoms with Crippen LogP contribution in [0.5, 0.6) is 0 Å². The van der Waals surface area contributed by atoms with Crippen molar-refractivity contribution in [1.82, 2.24) is 29.5 Å². The Bertz CT molecular complexity index is 2310. The smallest absolute Gasteiger partial charge is 0.163 e. The molecule has 0 saturated carbocycles. The van der Waals surface area contributed by atoms with Gasteiger partial charge >= 0.3 is 0 Å². The topological polar surface area (TPSA) is 95.6 Å². The molecule has 0 spiro atoms. The van der Waals surface area contributed by atoms with Crippen molar-refractivity contribution in [2.45, 2.75) is 76.5 Å². The fourth-order valence-electron chi connectivity index (χ4n) is 7.87. The first-order chi connectivity index (χ1) is 24.3. The average Bonchev–Trinajstić information content (AvgIpc) is 3.62. The van der Waals surface area contributed by atoms with Gasteiger partial charge in [-0.2, -0.15) is 10.2 Å². The Morgan fingerprint density at radius 2 is 1.30 bits per heavy atom. The number of Topliss-reactive ketones (excluding diaryl/α,β-unsaturated/α-hetero) is 1. The van der Waals surface area contributed by atoms with Gasteiger partial charge in [0.15, 0.2) is 17.1 Å². The van der Waals surface area contributed by atoms with Crippen molar-refractivity contribution in [2.75, 3.05) is 0 Å². The highest BCUT2D eigenvalue weighted by Crippen LogP contribution is 2.48. The van der Waals surface area contributed by atoms with Gasteiger partial charge in [0.25, 0.3) is 0 Å². The Hall–Kier alpha value is -5.38. The molecule has 0 N–H and O–H groups in total. The van der Waals surface area contributed by atoms with Crippen LogP contribution in [-0.4, -0.2) is 41.1 Å². The van der Waals surface area contributed by atoms with Crippen LogP contribution in [0, 0.1) is 11.6 Å². The molecular weight excluding hydrogens is 634 g/mol. The van der Waals surface area contributed by atoms with Crippen molar-refractivity contribution in [1.29, 1.82) is 0 Å². The molecule has 3 aliphatic carbocycles. The highest BCUT2D eigenvalue weighted by molar-refractivity contribution is 5.92. The summed E-state index contributed by atoms with van der Waals surface area (Å²) in [4.78, 5) is 33.6. The molecule has 4 aromatic heterocycles. The van der Waals surface area contributed by atoms with E-state index in [1.54, 1.807) is 39.8 Å². The van der Waals surface area contributed by atoms with E-state index in [4.69, 9.17) is 9.97 Å². The van der Waals surface area contributed by atoms with Crippen molar-refractivity contribution in [2.24, 2.45) is 0 Å². The lowest BCUT2D eigenvalue weighted by atomic mass is 9.65. The first-order valence-corrected chi connectivity index (χ1v) is 17.3. The minimum atomic E-state index is -0.277. The molecule has 9 rings (SSSR count). The van der Waals surface area contributed by atoms with E-state index < -0.39 is 0 Å². The molecule has 1 atom stereocenters. The quantitative estimate of drug-likeness (QED) is 0.178. The Labute approximate surface area is 287 Å². The van der Waals surface area contributed by atoms with Crippen molar-refractivity contribution in [3.63, 3.8) is 0 Å². The molecule has 1 unspecified atom stereocenters. The molecule has 2 aromatic carbocycles. The van der Waals surface area contributed by atoms with E-state index in [1.807, 2.05) is 18.3 Å². The number of benzene rings is 2. The van der Waals surface area contributed by atoms with Gasteiger partial charge in [-0.05, 0) is 123 Å². The van der Waals surface area contributed by atoms with E-state index in [2.05, 4.69) is 23.2 Å². The highest BCUT2D eigenvalue weighted by atomic mass is 19.1. The SMILES string of the molecule is CCC12CCC(=O)C=C1CCCc1nc3c(cnn3-c3ccc(F)cc3)cc12.O=C1CCCc2nc3c(cnn3-c3ccc(F)cc3)cc2C1. The Kier molecular flexibility index (Phi) is 8.17. The van der Waals surface area contributed by atoms with E-state index in [-0.39, 0.29) is 28.6 Å². The van der Waals surface area contributed by atoms with Gasteiger partial charge in [-0.1, -0.05) is 12.5 Å². The highest BCUT2D eigenvalue weighted by Gasteiger charge is 2.41.